The normalized spacial score (nSPS) is 11.4. The molecule has 3 aromatic rings. The number of hydrogen-bond acceptors (Lipinski definition) is 4. The Bertz CT molecular complexity index is 1060. The highest BCUT2D eigenvalue weighted by atomic mass is 35.5. The second-order valence-electron chi connectivity index (χ2n) is 6.77. The smallest absolute Gasteiger partial charge is 0.249 e. The van der Waals surface area contributed by atoms with Gasteiger partial charge in [0.1, 0.15) is 12.6 Å². The van der Waals surface area contributed by atoms with Crippen LogP contribution in [0.3, 0.4) is 0 Å². The van der Waals surface area contributed by atoms with Crippen LogP contribution in [0, 0.1) is 0 Å². The highest BCUT2D eigenvalue weighted by Crippen LogP contribution is 2.24. The largest absolute Gasteiger partial charge is 0.324 e. The third-order valence-electron chi connectivity index (χ3n) is 4.61. The zero-order valence-electron chi connectivity index (χ0n) is 16.8. The van der Waals surface area contributed by atoms with Gasteiger partial charge in [-0.05, 0) is 30.7 Å². The first-order chi connectivity index (χ1) is 15.0. The van der Waals surface area contributed by atoms with Crippen molar-refractivity contribution in [3.8, 4) is 0 Å². The van der Waals surface area contributed by atoms with Crippen molar-refractivity contribution in [2.24, 2.45) is 0 Å². The van der Waals surface area contributed by atoms with Crippen molar-refractivity contribution in [1.82, 2.24) is 5.06 Å². The molecule has 158 valence electrons. The Labute approximate surface area is 185 Å². The quantitative estimate of drug-likeness (QED) is 0.304. The van der Waals surface area contributed by atoms with Crippen molar-refractivity contribution in [3.05, 3.63) is 101 Å². The van der Waals surface area contributed by atoms with Crippen LogP contribution in [0.5, 0.6) is 0 Å². The van der Waals surface area contributed by atoms with Crippen LogP contribution in [-0.2, 0) is 21.0 Å². The molecule has 0 saturated carbocycles. The Balaban J connectivity index is 1.74. The molecule has 0 aromatic heterocycles. The van der Waals surface area contributed by atoms with E-state index >= 15 is 0 Å². The van der Waals surface area contributed by atoms with E-state index in [2.05, 4.69) is 5.32 Å². The predicted molar refractivity (Wildman–Crippen MR) is 119 cm³/mol. The van der Waals surface area contributed by atoms with Crippen LogP contribution < -0.4 is 5.32 Å². The molecule has 31 heavy (non-hydrogen) atoms. The predicted octanol–water partition coefficient (Wildman–Crippen LogP) is 4.49. The van der Waals surface area contributed by atoms with E-state index in [-0.39, 0.29) is 18.0 Å². The van der Waals surface area contributed by atoms with E-state index in [0.29, 0.717) is 22.7 Å². The third-order valence-corrected chi connectivity index (χ3v) is 4.84. The molecule has 2 amide bonds. The molecule has 0 heterocycles. The minimum atomic E-state index is -0.934. The summed E-state index contributed by atoms with van der Waals surface area (Å²) in [5.41, 5.74) is 1.87. The maximum Gasteiger partial charge on any atom is 0.249 e. The molecule has 1 N–H and O–H groups in total. The second-order valence-corrected chi connectivity index (χ2v) is 7.21. The molecule has 0 radical (unpaired) electrons. The molecule has 0 aliphatic rings. The lowest BCUT2D eigenvalue weighted by molar-refractivity contribution is -0.191. The Morgan fingerprint density at radius 3 is 2.32 bits per heavy atom. The van der Waals surface area contributed by atoms with Crippen LogP contribution in [-0.4, -0.2) is 29.2 Å². The molecular formula is C24H21ClN2O4. The molecule has 1 unspecified atom stereocenters. The van der Waals surface area contributed by atoms with E-state index < -0.39 is 11.9 Å². The summed E-state index contributed by atoms with van der Waals surface area (Å²) in [6.07, 6.45) is 0.449. The van der Waals surface area contributed by atoms with E-state index in [1.54, 1.807) is 36.4 Å². The fourth-order valence-corrected chi connectivity index (χ4v) is 3.04. The van der Waals surface area contributed by atoms with Gasteiger partial charge in [-0.3, -0.25) is 19.2 Å². The van der Waals surface area contributed by atoms with Gasteiger partial charge >= 0.3 is 0 Å². The molecule has 1 atom stereocenters. The molecule has 6 nitrogen and oxygen atoms in total. The first-order valence-electron chi connectivity index (χ1n) is 9.60. The number of ketones is 1. The Hall–Kier alpha value is -3.48. The average Bonchev–Trinajstić information content (AvgIpc) is 2.81. The summed E-state index contributed by atoms with van der Waals surface area (Å²) in [5, 5.41) is 4.01. The van der Waals surface area contributed by atoms with Crippen molar-refractivity contribution in [3.63, 3.8) is 0 Å². The number of anilines is 1. The van der Waals surface area contributed by atoms with Crippen LogP contribution in [0.4, 0.5) is 5.69 Å². The fraction of sp³-hybridized carbons (Fsp3) is 0.125. The highest BCUT2D eigenvalue weighted by Gasteiger charge is 2.23. The van der Waals surface area contributed by atoms with E-state index in [4.69, 9.17) is 16.4 Å². The number of hydroxylamine groups is 2. The zero-order chi connectivity index (χ0) is 22.2. The maximum absolute atomic E-state index is 12.9. The summed E-state index contributed by atoms with van der Waals surface area (Å²) in [6, 6.07) is 21.7. The van der Waals surface area contributed by atoms with Gasteiger partial charge in [-0.25, -0.2) is 5.06 Å². The van der Waals surface area contributed by atoms with Gasteiger partial charge in [-0.2, -0.15) is 0 Å². The molecule has 0 saturated heterocycles. The molecule has 3 rings (SSSR count). The van der Waals surface area contributed by atoms with E-state index in [1.165, 1.54) is 13.0 Å². The number of carbonyl (C=O) groups is 3. The van der Waals surface area contributed by atoms with Gasteiger partial charge in [0.15, 0.2) is 5.78 Å². The summed E-state index contributed by atoms with van der Waals surface area (Å²) in [6.45, 7) is 1.67. The first-order valence-corrected chi connectivity index (χ1v) is 9.98. The minimum absolute atomic E-state index is 0.135. The number of halogens is 1. The van der Waals surface area contributed by atoms with Crippen molar-refractivity contribution < 1.29 is 19.2 Å². The van der Waals surface area contributed by atoms with Crippen LogP contribution >= 0.6 is 11.6 Å². The van der Waals surface area contributed by atoms with Gasteiger partial charge in [-0.1, -0.05) is 72.3 Å². The molecule has 0 spiro atoms. The minimum Gasteiger partial charge on any atom is -0.324 e. The number of carbonyl (C=O) groups excluding carboxylic acids is 3. The van der Waals surface area contributed by atoms with Gasteiger partial charge in [-0.15, -0.1) is 0 Å². The van der Waals surface area contributed by atoms with Crippen molar-refractivity contribution in [2.75, 3.05) is 5.32 Å². The summed E-state index contributed by atoms with van der Waals surface area (Å²) < 4.78 is 0. The number of rotatable bonds is 9. The standard InChI is InChI=1S/C24H21ClN2O4/c1-17(27(16-28)31-15-18-8-4-2-5-9-18)24(30)26-22-13-12-20(25)14-21(22)23(29)19-10-6-3-7-11-19/h2-14,16-17H,15H2,1H3,(H,26,30). The first kappa shape index (κ1) is 22.2. The number of amides is 2. The van der Waals surface area contributed by atoms with Gasteiger partial charge in [0.05, 0.1) is 5.69 Å². The molecule has 0 fully saturated rings. The van der Waals surface area contributed by atoms with Gasteiger partial charge in [0.25, 0.3) is 0 Å². The topological polar surface area (TPSA) is 75.7 Å². The zero-order valence-corrected chi connectivity index (χ0v) is 17.6. The van der Waals surface area contributed by atoms with Crippen molar-refractivity contribution in [1.29, 1.82) is 0 Å². The summed E-state index contributed by atoms with van der Waals surface area (Å²) in [5.74, 6) is -0.789. The second kappa shape index (κ2) is 10.5. The summed E-state index contributed by atoms with van der Waals surface area (Å²) in [7, 11) is 0. The number of benzene rings is 3. The SMILES string of the molecule is CC(C(=O)Nc1ccc(Cl)cc1C(=O)c1ccccc1)N(C=O)OCc1ccccc1. The number of hydrogen-bond donors (Lipinski definition) is 1. The van der Waals surface area contributed by atoms with E-state index in [9.17, 15) is 14.4 Å². The summed E-state index contributed by atoms with van der Waals surface area (Å²) in [4.78, 5) is 42.7. The summed E-state index contributed by atoms with van der Waals surface area (Å²) >= 11 is 6.08. The van der Waals surface area contributed by atoms with E-state index in [0.717, 1.165) is 10.6 Å². The van der Waals surface area contributed by atoms with Crippen LogP contribution in [0.2, 0.25) is 5.02 Å². The Morgan fingerprint density at radius 1 is 1.03 bits per heavy atom. The molecule has 0 bridgehead atoms. The average molecular weight is 437 g/mol. The lowest BCUT2D eigenvalue weighted by Gasteiger charge is -2.24. The van der Waals surface area contributed by atoms with Crippen LogP contribution in [0.25, 0.3) is 0 Å². The fourth-order valence-electron chi connectivity index (χ4n) is 2.87. The third kappa shape index (κ3) is 5.78. The molecule has 0 aliphatic carbocycles. The Morgan fingerprint density at radius 2 is 1.68 bits per heavy atom. The van der Waals surface area contributed by atoms with Gasteiger partial charge in [0.2, 0.25) is 12.3 Å². The number of nitrogens with zero attached hydrogens (tertiary/aromatic N) is 1. The molecule has 3 aromatic carbocycles. The lowest BCUT2D eigenvalue weighted by Crippen LogP contribution is -2.41. The van der Waals surface area contributed by atoms with Crippen molar-refractivity contribution in [2.45, 2.75) is 19.6 Å². The molecular weight excluding hydrogens is 416 g/mol. The molecule has 7 heteroatoms. The molecule has 0 aliphatic heterocycles. The van der Waals surface area contributed by atoms with Gasteiger partial charge < -0.3 is 5.32 Å². The van der Waals surface area contributed by atoms with Crippen LogP contribution in [0.1, 0.15) is 28.4 Å². The Kier molecular flexibility index (Phi) is 7.54. The van der Waals surface area contributed by atoms with E-state index in [1.807, 2.05) is 36.4 Å². The van der Waals surface area contributed by atoms with Gasteiger partial charge in [0, 0.05) is 16.1 Å². The lowest BCUT2D eigenvalue weighted by atomic mass is 10.0. The van der Waals surface area contributed by atoms with Crippen LogP contribution in [0.15, 0.2) is 78.9 Å². The monoisotopic (exact) mass is 436 g/mol. The number of nitrogens with one attached hydrogen (secondary N) is 1. The van der Waals surface area contributed by atoms with Crippen molar-refractivity contribution >= 4 is 35.4 Å². The maximum atomic E-state index is 12.9. The highest BCUT2D eigenvalue weighted by molar-refractivity contribution is 6.31.